The number of furan rings is 1. The van der Waals surface area contributed by atoms with Crippen molar-refractivity contribution in [1.29, 1.82) is 0 Å². The zero-order valence-corrected chi connectivity index (χ0v) is 15.2. The van der Waals surface area contributed by atoms with Gasteiger partial charge in [-0.3, -0.25) is 4.57 Å². The molecule has 0 saturated carbocycles. The van der Waals surface area contributed by atoms with Gasteiger partial charge in [0.25, 0.3) is 0 Å². The molecule has 0 bridgehead atoms. The number of aryl methyl sites for hydroxylation is 1. The van der Waals surface area contributed by atoms with Crippen molar-refractivity contribution < 1.29 is 13.2 Å². The van der Waals surface area contributed by atoms with Gasteiger partial charge < -0.3 is 4.42 Å². The molecule has 2 aromatic carbocycles. The summed E-state index contributed by atoms with van der Waals surface area (Å²) < 4.78 is 33.9. The van der Waals surface area contributed by atoms with E-state index in [9.17, 15) is 8.78 Å². The summed E-state index contributed by atoms with van der Waals surface area (Å²) in [5.41, 5.74) is 2.70. The molecule has 4 aromatic rings. The topological polar surface area (TPSA) is 43.9 Å². The minimum Gasteiger partial charge on any atom is -0.461 e. The molecule has 0 aliphatic rings. The first kappa shape index (κ1) is 17.5. The monoisotopic (exact) mass is 383 g/mol. The Hall–Kier alpha value is -2.93. The highest BCUT2D eigenvalue weighted by Gasteiger charge is 2.18. The molecule has 0 spiro atoms. The van der Waals surface area contributed by atoms with Gasteiger partial charge in [0, 0.05) is 11.4 Å². The third-order valence-electron chi connectivity index (χ3n) is 4.02. The molecule has 2 aromatic heterocycles. The first-order valence-corrected chi connectivity index (χ1v) is 9.23. The summed E-state index contributed by atoms with van der Waals surface area (Å²) in [6.45, 7) is 2.02. The van der Waals surface area contributed by atoms with Crippen molar-refractivity contribution in [3.8, 4) is 17.3 Å². The van der Waals surface area contributed by atoms with E-state index in [0.717, 1.165) is 17.3 Å². The van der Waals surface area contributed by atoms with Crippen molar-refractivity contribution in [1.82, 2.24) is 14.8 Å². The highest BCUT2D eigenvalue weighted by Crippen LogP contribution is 2.30. The molecule has 0 fully saturated rings. The highest BCUT2D eigenvalue weighted by molar-refractivity contribution is 7.98. The fraction of sp³-hybridized carbons (Fsp3) is 0.100. The molecule has 0 radical (unpaired) electrons. The van der Waals surface area contributed by atoms with Crippen molar-refractivity contribution in [2.75, 3.05) is 0 Å². The normalized spacial score (nSPS) is 11.1. The molecule has 4 rings (SSSR count). The lowest BCUT2D eigenvalue weighted by molar-refractivity contribution is 0.507. The molecule has 4 nitrogen and oxygen atoms in total. The SMILES string of the molecule is Cc1ccc(-n2c(SCc3ccc(F)c(F)c3)nnc2-c2ccco2)cc1. The summed E-state index contributed by atoms with van der Waals surface area (Å²) in [5.74, 6) is -0.102. The maximum atomic E-state index is 13.4. The number of benzene rings is 2. The van der Waals surface area contributed by atoms with Gasteiger partial charge in [0.2, 0.25) is 5.82 Å². The molecule has 0 unspecified atom stereocenters. The average molecular weight is 383 g/mol. The van der Waals surface area contributed by atoms with Gasteiger partial charge in [-0.05, 0) is 48.9 Å². The van der Waals surface area contributed by atoms with E-state index in [1.54, 1.807) is 18.4 Å². The van der Waals surface area contributed by atoms with E-state index < -0.39 is 11.6 Å². The van der Waals surface area contributed by atoms with Crippen LogP contribution in [0, 0.1) is 18.6 Å². The second-order valence-corrected chi connectivity index (χ2v) is 6.93. The van der Waals surface area contributed by atoms with E-state index in [-0.39, 0.29) is 0 Å². The van der Waals surface area contributed by atoms with Crippen LogP contribution in [-0.4, -0.2) is 14.8 Å². The molecule has 0 aliphatic carbocycles. The summed E-state index contributed by atoms with van der Waals surface area (Å²) in [5, 5.41) is 9.17. The van der Waals surface area contributed by atoms with Crippen molar-refractivity contribution in [3.63, 3.8) is 0 Å². The Morgan fingerprint density at radius 2 is 1.81 bits per heavy atom. The lowest BCUT2D eigenvalue weighted by Crippen LogP contribution is -1.99. The van der Waals surface area contributed by atoms with E-state index in [1.165, 1.54) is 17.8 Å². The van der Waals surface area contributed by atoms with Gasteiger partial charge >= 0.3 is 0 Å². The predicted molar refractivity (Wildman–Crippen MR) is 99.7 cm³/mol. The lowest BCUT2D eigenvalue weighted by Gasteiger charge is -2.09. The Bertz CT molecular complexity index is 1060. The fourth-order valence-corrected chi connectivity index (χ4v) is 3.53. The Kier molecular flexibility index (Phi) is 4.77. The molecular formula is C20H15F2N3OS. The van der Waals surface area contributed by atoms with Gasteiger partial charge in [-0.1, -0.05) is 35.5 Å². The Balaban J connectivity index is 1.69. The van der Waals surface area contributed by atoms with E-state index in [4.69, 9.17) is 4.42 Å². The van der Waals surface area contributed by atoms with Crippen LogP contribution >= 0.6 is 11.8 Å². The van der Waals surface area contributed by atoms with Gasteiger partial charge in [0.1, 0.15) is 0 Å². The first-order valence-electron chi connectivity index (χ1n) is 8.25. The summed E-state index contributed by atoms with van der Waals surface area (Å²) in [7, 11) is 0. The Morgan fingerprint density at radius 3 is 2.52 bits per heavy atom. The minimum atomic E-state index is -0.857. The van der Waals surface area contributed by atoms with Crippen LogP contribution in [0.2, 0.25) is 0 Å². The van der Waals surface area contributed by atoms with Gasteiger partial charge in [-0.15, -0.1) is 10.2 Å². The maximum Gasteiger partial charge on any atom is 0.205 e. The lowest BCUT2D eigenvalue weighted by atomic mass is 10.2. The molecule has 0 atom stereocenters. The van der Waals surface area contributed by atoms with Crippen molar-refractivity contribution in [2.24, 2.45) is 0 Å². The number of nitrogens with zero attached hydrogens (tertiary/aromatic N) is 3. The third kappa shape index (κ3) is 3.64. The van der Waals surface area contributed by atoms with E-state index >= 15 is 0 Å². The maximum absolute atomic E-state index is 13.4. The zero-order chi connectivity index (χ0) is 18.8. The van der Waals surface area contributed by atoms with E-state index in [2.05, 4.69) is 10.2 Å². The van der Waals surface area contributed by atoms with Crippen LogP contribution in [0.3, 0.4) is 0 Å². The van der Waals surface area contributed by atoms with Gasteiger partial charge in [0.15, 0.2) is 22.6 Å². The summed E-state index contributed by atoms with van der Waals surface area (Å²) in [6.07, 6.45) is 1.58. The number of aromatic nitrogens is 3. The van der Waals surface area contributed by atoms with E-state index in [1.807, 2.05) is 41.8 Å². The number of thioether (sulfide) groups is 1. The van der Waals surface area contributed by atoms with Gasteiger partial charge in [-0.25, -0.2) is 8.78 Å². The molecule has 0 N–H and O–H groups in total. The Morgan fingerprint density at radius 1 is 1.00 bits per heavy atom. The molecular weight excluding hydrogens is 368 g/mol. The zero-order valence-electron chi connectivity index (χ0n) is 14.4. The quantitative estimate of drug-likeness (QED) is 0.433. The third-order valence-corrected chi connectivity index (χ3v) is 5.02. The van der Waals surface area contributed by atoms with Crippen molar-refractivity contribution in [3.05, 3.63) is 83.6 Å². The highest BCUT2D eigenvalue weighted by atomic mass is 32.2. The van der Waals surface area contributed by atoms with Crippen LogP contribution in [0.4, 0.5) is 8.78 Å². The Labute approximate surface area is 158 Å². The summed E-state index contributed by atoms with van der Waals surface area (Å²) in [6, 6.07) is 15.5. The van der Waals surface area contributed by atoms with Crippen LogP contribution in [0.1, 0.15) is 11.1 Å². The molecule has 27 heavy (non-hydrogen) atoms. The molecule has 2 heterocycles. The second-order valence-electron chi connectivity index (χ2n) is 5.99. The molecule has 0 amide bonds. The number of hydrogen-bond acceptors (Lipinski definition) is 4. The first-order chi connectivity index (χ1) is 13.1. The summed E-state index contributed by atoms with van der Waals surface area (Å²) >= 11 is 1.39. The van der Waals surface area contributed by atoms with Crippen LogP contribution in [0.15, 0.2) is 70.4 Å². The van der Waals surface area contributed by atoms with Crippen molar-refractivity contribution in [2.45, 2.75) is 17.8 Å². The molecule has 7 heteroatoms. The van der Waals surface area contributed by atoms with E-state index in [0.29, 0.717) is 28.1 Å². The van der Waals surface area contributed by atoms with Gasteiger partial charge in [0.05, 0.1) is 6.26 Å². The van der Waals surface area contributed by atoms with Crippen LogP contribution in [-0.2, 0) is 5.75 Å². The van der Waals surface area contributed by atoms with Crippen LogP contribution in [0.5, 0.6) is 0 Å². The van der Waals surface area contributed by atoms with Crippen LogP contribution < -0.4 is 0 Å². The molecule has 0 saturated heterocycles. The summed E-state index contributed by atoms with van der Waals surface area (Å²) in [4.78, 5) is 0. The van der Waals surface area contributed by atoms with Gasteiger partial charge in [-0.2, -0.15) is 0 Å². The number of rotatable bonds is 5. The van der Waals surface area contributed by atoms with Crippen LogP contribution in [0.25, 0.3) is 17.3 Å². The largest absolute Gasteiger partial charge is 0.461 e. The molecule has 0 aliphatic heterocycles. The number of hydrogen-bond donors (Lipinski definition) is 0. The fourth-order valence-electron chi connectivity index (χ4n) is 2.63. The van der Waals surface area contributed by atoms with Crippen molar-refractivity contribution >= 4 is 11.8 Å². The number of halogens is 2. The predicted octanol–water partition coefficient (Wildman–Crippen LogP) is 5.41. The average Bonchev–Trinajstić information content (AvgIpc) is 3.33. The standard InChI is InChI=1S/C20H15F2N3OS/c1-13-4-7-15(8-5-13)25-19(18-3-2-10-26-18)23-24-20(25)27-12-14-6-9-16(21)17(22)11-14/h2-11H,12H2,1H3. The molecule has 136 valence electrons. The second kappa shape index (κ2) is 7.36. The minimum absolute atomic E-state index is 0.430. The smallest absolute Gasteiger partial charge is 0.205 e.